The molecule has 2 rings (SSSR count). The Morgan fingerprint density at radius 3 is 2.68 bits per heavy atom. The third-order valence-corrected chi connectivity index (χ3v) is 3.59. The summed E-state index contributed by atoms with van der Waals surface area (Å²) in [6, 6.07) is 3.64. The number of thioether (sulfide) groups is 1. The van der Waals surface area contributed by atoms with Crippen molar-refractivity contribution in [1.29, 1.82) is 0 Å². The predicted molar refractivity (Wildman–Crippen MR) is 86.1 cm³/mol. The molecule has 7 nitrogen and oxygen atoms in total. The summed E-state index contributed by atoms with van der Waals surface area (Å²) in [7, 11) is 0. The van der Waals surface area contributed by atoms with Gasteiger partial charge in [0.1, 0.15) is 6.04 Å². The van der Waals surface area contributed by atoms with Crippen LogP contribution in [0.4, 0.5) is 10.5 Å². The first-order valence-corrected chi connectivity index (χ1v) is 7.99. The van der Waals surface area contributed by atoms with Crippen LogP contribution < -0.4 is 10.6 Å². The number of aliphatic carboxylic acids is 1. The molecular formula is C14H16N4O3S. The molecule has 0 radical (unpaired) electrons. The van der Waals surface area contributed by atoms with Crippen LogP contribution in [0.2, 0.25) is 0 Å². The summed E-state index contributed by atoms with van der Waals surface area (Å²) < 4.78 is 0. The molecule has 0 saturated carbocycles. The quantitative estimate of drug-likeness (QED) is 0.751. The Balaban J connectivity index is 2.01. The average molecular weight is 320 g/mol. The lowest BCUT2D eigenvalue weighted by molar-refractivity contribution is -0.139. The number of nitrogens with one attached hydrogen (secondary N) is 2. The smallest absolute Gasteiger partial charge is 0.326 e. The minimum absolute atomic E-state index is 0.368. The van der Waals surface area contributed by atoms with Gasteiger partial charge in [-0.15, -0.1) is 0 Å². The van der Waals surface area contributed by atoms with Gasteiger partial charge in [-0.05, 0) is 36.6 Å². The highest BCUT2D eigenvalue weighted by molar-refractivity contribution is 7.98. The standard InChI is InChI=1S/C14H16N4O3S/c1-22-7-4-11(13(19)20)18-14(21)17-9-2-3-10-12(8-9)16-6-5-15-10/h2-3,5-6,8,11H,4,7H2,1H3,(H,19,20)(H2,17,18,21). The van der Waals surface area contributed by atoms with Gasteiger partial charge in [0.25, 0.3) is 0 Å². The molecule has 2 amide bonds. The van der Waals surface area contributed by atoms with Gasteiger partial charge in [0.2, 0.25) is 0 Å². The van der Waals surface area contributed by atoms with Gasteiger partial charge in [0.05, 0.1) is 11.0 Å². The molecule has 1 unspecified atom stereocenters. The molecule has 22 heavy (non-hydrogen) atoms. The van der Waals surface area contributed by atoms with Crippen LogP contribution in [0, 0.1) is 0 Å². The van der Waals surface area contributed by atoms with Crippen molar-refractivity contribution in [3.8, 4) is 0 Å². The van der Waals surface area contributed by atoms with Crippen LogP contribution in [0.3, 0.4) is 0 Å². The van der Waals surface area contributed by atoms with Crippen molar-refractivity contribution in [2.24, 2.45) is 0 Å². The summed E-state index contributed by atoms with van der Waals surface area (Å²) in [6.07, 6.45) is 5.41. The van der Waals surface area contributed by atoms with Crippen LogP contribution in [0.15, 0.2) is 30.6 Å². The first-order valence-electron chi connectivity index (χ1n) is 6.60. The number of carboxylic acids is 1. The summed E-state index contributed by atoms with van der Waals surface area (Å²) >= 11 is 1.53. The third kappa shape index (κ3) is 4.32. The summed E-state index contributed by atoms with van der Waals surface area (Å²) in [5.74, 6) is -0.392. The maximum Gasteiger partial charge on any atom is 0.326 e. The number of carboxylic acid groups (broad SMARTS) is 1. The third-order valence-electron chi connectivity index (χ3n) is 2.94. The Bertz CT molecular complexity index is 680. The number of carbonyl (C=O) groups is 2. The summed E-state index contributed by atoms with van der Waals surface area (Å²) in [4.78, 5) is 31.3. The van der Waals surface area contributed by atoms with Gasteiger partial charge in [-0.3, -0.25) is 9.97 Å². The van der Waals surface area contributed by atoms with Gasteiger partial charge in [0.15, 0.2) is 0 Å². The second-order valence-corrected chi connectivity index (χ2v) is 5.52. The van der Waals surface area contributed by atoms with Crippen molar-refractivity contribution in [2.75, 3.05) is 17.3 Å². The molecule has 0 bridgehead atoms. The van der Waals surface area contributed by atoms with E-state index in [1.807, 2.05) is 6.26 Å². The van der Waals surface area contributed by atoms with Gasteiger partial charge in [-0.25, -0.2) is 9.59 Å². The molecule has 0 saturated heterocycles. The lowest BCUT2D eigenvalue weighted by Crippen LogP contribution is -2.43. The predicted octanol–water partition coefficient (Wildman–Crippen LogP) is 1.96. The lowest BCUT2D eigenvalue weighted by Gasteiger charge is -2.14. The van der Waals surface area contributed by atoms with E-state index < -0.39 is 18.0 Å². The SMILES string of the molecule is CSCCC(NC(=O)Nc1ccc2nccnc2c1)C(=O)O. The second kappa shape index (κ2) is 7.60. The lowest BCUT2D eigenvalue weighted by atomic mass is 10.2. The number of nitrogens with zero attached hydrogens (tertiary/aromatic N) is 2. The van der Waals surface area contributed by atoms with Gasteiger partial charge in [-0.2, -0.15) is 11.8 Å². The van der Waals surface area contributed by atoms with Crippen LogP contribution >= 0.6 is 11.8 Å². The van der Waals surface area contributed by atoms with E-state index in [1.54, 1.807) is 30.6 Å². The summed E-state index contributed by atoms with van der Waals surface area (Å²) in [5.41, 5.74) is 1.90. The van der Waals surface area contributed by atoms with Crippen LogP contribution in [0.25, 0.3) is 11.0 Å². The first kappa shape index (κ1) is 16.0. The largest absolute Gasteiger partial charge is 0.480 e. The number of fused-ring (bicyclic) bond motifs is 1. The summed E-state index contributed by atoms with van der Waals surface area (Å²) in [5, 5.41) is 14.1. The van der Waals surface area contributed by atoms with Crippen LogP contribution in [0.1, 0.15) is 6.42 Å². The van der Waals surface area contributed by atoms with Crippen LogP contribution in [-0.4, -0.2) is 45.1 Å². The molecule has 0 spiro atoms. The van der Waals surface area contributed by atoms with E-state index in [1.165, 1.54) is 11.8 Å². The number of benzene rings is 1. The van der Waals surface area contributed by atoms with E-state index in [4.69, 9.17) is 5.11 Å². The Morgan fingerprint density at radius 2 is 2.00 bits per heavy atom. The van der Waals surface area contributed by atoms with Crippen molar-refractivity contribution >= 4 is 40.5 Å². The Hall–Kier alpha value is -2.35. The fourth-order valence-electron chi connectivity index (χ4n) is 1.86. The van der Waals surface area contributed by atoms with Crippen molar-refractivity contribution < 1.29 is 14.7 Å². The van der Waals surface area contributed by atoms with E-state index in [2.05, 4.69) is 20.6 Å². The molecule has 0 fully saturated rings. The Kier molecular flexibility index (Phi) is 5.54. The molecule has 3 N–H and O–H groups in total. The molecular weight excluding hydrogens is 304 g/mol. The second-order valence-electron chi connectivity index (χ2n) is 4.53. The van der Waals surface area contributed by atoms with Gasteiger partial charge in [-0.1, -0.05) is 0 Å². The zero-order chi connectivity index (χ0) is 15.9. The topological polar surface area (TPSA) is 104 Å². The number of anilines is 1. The van der Waals surface area contributed by atoms with Gasteiger partial charge >= 0.3 is 12.0 Å². The molecule has 1 atom stereocenters. The fourth-order valence-corrected chi connectivity index (χ4v) is 2.33. The number of rotatable bonds is 6. The minimum Gasteiger partial charge on any atom is -0.480 e. The molecule has 8 heteroatoms. The molecule has 116 valence electrons. The van der Waals surface area contributed by atoms with E-state index in [0.717, 1.165) is 5.52 Å². The molecule has 1 aromatic heterocycles. The van der Waals surface area contributed by atoms with Gasteiger partial charge in [0, 0.05) is 18.1 Å². The number of aromatic nitrogens is 2. The van der Waals surface area contributed by atoms with E-state index >= 15 is 0 Å². The molecule has 2 aromatic rings. The summed E-state index contributed by atoms with van der Waals surface area (Å²) in [6.45, 7) is 0. The van der Waals surface area contributed by atoms with Crippen molar-refractivity contribution in [2.45, 2.75) is 12.5 Å². The fraction of sp³-hybridized carbons (Fsp3) is 0.286. The highest BCUT2D eigenvalue weighted by Crippen LogP contribution is 2.14. The maximum atomic E-state index is 11.9. The number of hydrogen-bond donors (Lipinski definition) is 3. The van der Waals surface area contributed by atoms with Crippen molar-refractivity contribution in [3.05, 3.63) is 30.6 Å². The number of carbonyl (C=O) groups excluding carboxylic acids is 1. The first-order chi connectivity index (χ1) is 10.6. The normalized spacial score (nSPS) is 11.9. The molecule has 1 aromatic carbocycles. The molecule has 0 aliphatic carbocycles. The zero-order valence-electron chi connectivity index (χ0n) is 11.9. The van der Waals surface area contributed by atoms with E-state index in [-0.39, 0.29) is 0 Å². The molecule has 1 heterocycles. The highest BCUT2D eigenvalue weighted by atomic mass is 32.2. The van der Waals surface area contributed by atoms with E-state index in [9.17, 15) is 9.59 Å². The Morgan fingerprint density at radius 1 is 1.27 bits per heavy atom. The van der Waals surface area contributed by atoms with Crippen molar-refractivity contribution in [1.82, 2.24) is 15.3 Å². The van der Waals surface area contributed by atoms with Gasteiger partial charge < -0.3 is 15.7 Å². The van der Waals surface area contributed by atoms with Crippen LogP contribution in [0.5, 0.6) is 0 Å². The highest BCUT2D eigenvalue weighted by Gasteiger charge is 2.19. The molecule has 0 aliphatic rings. The monoisotopic (exact) mass is 320 g/mol. The maximum absolute atomic E-state index is 11.9. The van der Waals surface area contributed by atoms with E-state index in [0.29, 0.717) is 23.4 Å². The zero-order valence-corrected chi connectivity index (χ0v) is 12.8. The molecule has 0 aliphatic heterocycles. The minimum atomic E-state index is -1.05. The van der Waals surface area contributed by atoms with Crippen molar-refractivity contribution in [3.63, 3.8) is 0 Å². The number of hydrogen-bond acceptors (Lipinski definition) is 5. The number of amides is 2. The van der Waals surface area contributed by atoms with Crippen LogP contribution in [-0.2, 0) is 4.79 Å². The number of urea groups is 1. The Labute approximate surface area is 131 Å². The average Bonchev–Trinajstić information content (AvgIpc) is 2.51.